The molecule has 1 fully saturated rings. The third kappa shape index (κ3) is 6.95. The van der Waals surface area contributed by atoms with E-state index in [9.17, 15) is 27.6 Å². The molecule has 1 aliphatic rings. The van der Waals surface area contributed by atoms with Crippen LogP contribution < -0.4 is 10.1 Å². The summed E-state index contributed by atoms with van der Waals surface area (Å²) in [6, 6.07) is 17.4. The topological polar surface area (TPSA) is 75.7 Å². The Balaban J connectivity index is 1.39. The zero-order valence-electron chi connectivity index (χ0n) is 19.8. The fourth-order valence-corrected chi connectivity index (χ4v) is 5.13. The third-order valence-electron chi connectivity index (χ3n) is 5.38. The molecule has 38 heavy (non-hydrogen) atoms. The molecule has 11 heteroatoms. The molecule has 1 N–H and O–H groups in total. The molecule has 0 aliphatic carbocycles. The Morgan fingerprint density at radius 2 is 1.84 bits per heavy atom. The van der Waals surface area contributed by atoms with Gasteiger partial charge in [0.25, 0.3) is 11.1 Å². The second kappa shape index (κ2) is 11.6. The lowest BCUT2D eigenvalue weighted by molar-refractivity contribution is -0.137. The van der Waals surface area contributed by atoms with Crippen molar-refractivity contribution in [2.45, 2.75) is 19.7 Å². The quantitative estimate of drug-likeness (QED) is 0.223. The molecule has 0 unspecified atom stereocenters. The van der Waals surface area contributed by atoms with Crippen molar-refractivity contribution in [2.24, 2.45) is 0 Å². The molecule has 0 atom stereocenters. The molecule has 3 amide bonds. The predicted octanol–water partition coefficient (Wildman–Crippen LogP) is 6.87. The molecule has 0 radical (unpaired) electrons. The van der Waals surface area contributed by atoms with Crippen LogP contribution in [0.4, 0.5) is 23.7 Å². The van der Waals surface area contributed by atoms with Crippen molar-refractivity contribution in [1.82, 2.24) is 4.90 Å². The number of halogens is 4. The Labute approximate surface area is 234 Å². The summed E-state index contributed by atoms with van der Waals surface area (Å²) >= 11 is 2.81. The van der Waals surface area contributed by atoms with E-state index < -0.39 is 35.3 Å². The second-order valence-electron chi connectivity index (χ2n) is 8.36. The highest BCUT2D eigenvalue weighted by Crippen LogP contribution is 2.34. The van der Waals surface area contributed by atoms with E-state index in [4.69, 9.17) is 4.74 Å². The molecule has 0 spiro atoms. The highest BCUT2D eigenvalue weighted by Gasteiger charge is 2.36. The summed E-state index contributed by atoms with van der Waals surface area (Å²) in [5.74, 6) is -0.782. The molecular weight excluding hydrogens is 632 g/mol. The fraction of sp³-hybridized carbons (Fsp3) is 0.148. The van der Waals surface area contributed by atoms with E-state index in [1.807, 2.05) is 31.2 Å². The number of amides is 3. The zero-order chi connectivity index (χ0) is 27.4. The Hall–Kier alpha value is -3.32. The fourth-order valence-electron chi connectivity index (χ4n) is 3.59. The van der Waals surface area contributed by atoms with Crippen molar-refractivity contribution >= 4 is 63.2 Å². The number of rotatable bonds is 7. The van der Waals surface area contributed by atoms with Crippen LogP contribution in [0, 0.1) is 10.5 Å². The number of nitrogens with one attached hydrogen (secondary N) is 1. The molecule has 0 bridgehead atoms. The standard InChI is InChI=1S/C27H20F3IN2O4S/c1-16-4-2-5-18(10-16)15-37-22-9-8-17(11-21(22)31)12-23-25(35)33(26(36)38-23)14-24(34)32-20-7-3-6-19(13-20)27(28,29)30/h2-13H,14-15H2,1H3,(H,32,34)/b23-12-. The molecule has 6 nitrogen and oxygen atoms in total. The average molecular weight is 652 g/mol. The lowest BCUT2D eigenvalue weighted by atomic mass is 10.1. The van der Waals surface area contributed by atoms with Gasteiger partial charge in [-0.3, -0.25) is 19.3 Å². The smallest absolute Gasteiger partial charge is 0.416 e. The number of aryl methyl sites for hydroxylation is 1. The van der Waals surface area contributed by atoms with E-state index >= 15 is 0 Å². The molecule has 1 aliphatic heterocycles. The Kier molecular flexibility index (Phi) is 8.46. The molecule has 0 aromatic heterocycles. The summed E-state index contributed by atoms with van der Waals surface area (Å²) in [5, 5.41) is 1.65. The van der Waals surface area contributed by atoms with Crippen molar-refractivity contribution in [3.8, 4) is 5.75 Å². The summed E-state index contributed by atoms with van der Waals surface area (Å²) in [5.41, 5.74) is 1.82. The number of ether oxygens (including phenoxy) is 1. The van der Waals surface area contributed by atoms with Crippen LogP contribution in [0.15, 0.2) is 71.6 Å². The van der Waals surface area contributed by atoms with Crippen LogP contribution in [-0.4, -0.2) is 28.5 Å². The van der Waals surface area contributed by atoms with Gasteiger partial charge in [0, 0.05) is 5.69 Å². The van der Waals surface area contributed by atoms with Gasteiger partial charge in [-0.1, -0.05) is 42.0 Å². The molecule has 3 aromatic carbocycles. The summed E-state index contributed by atoms with van der Waals surface area (Å²) in [6.45, 7) is 1.78. The lowest BCUT2D eigenvalue weighted by Gasteiger charge is -2.13. The Morgan fingerprint density at radius 1 is 1.08 bits per heavy atom. The second-order valence-corrected chi connectivity index (χ2v) is 10.5. The minimum atomic E-state index is -4.57. The van der Waals surface area contributed by atoms with E-state index in [1.54, 1.807) is 24.3 Å². The summed E-state index contributed by atoms with van der Waals surface area (Å²) < 4.78 is 45.4. The van der Waals surface area contributed by atoms with Gasteiger partial charge in [0.1, 0.15) is 18.9 Å². The summed E-state index contributed by atoms with van der Waals surface area (Å²) in [6.07, 6.45) is -3.02. The highest BCUT2D eigenvalue weighted by molar-refractivity contribution is 14.1. The van der Waals surface area contributed by atoms with Gasteiger partial charge < -0.3 is 10.1 Å². The molecule has 1 saturated heterocycles. The normalized spacial score (nSPS) is 14.8. The molecule has 196 valence electrons. The number of carbonyl (C=O) groups excluding carboxylic acids is 3. The number of hydrogen-bond donors (Lipinski definition) is 1. The van der Waals surface area contributed by atoms with Gasteiger partial charge in [-0.25, -0.2) is 0 Å². The van der Waals surface area contributed by atoms with Crippen LogP contribution in [0.1, 0.15) is 22.3 Å². The number of benzene rings is 3. The first-order valence-corrected chi connectivity index (χ1v) is 13.1. The minimum Gasteiger partial charge on any atom is -0.488 e. The SMILES string of the molecule is Cc1cccc(COc2ccc(/C=C3\SC(=O)N(CC(=O)Nc4cccc(C(F)(F)F)c4)C3=O)cc2I)c1. The first-order chi connectivity index (χ1) is 18.0. The van der Waals surface area contributed by atoms with Gasteiger partial charge in [-0.2, -0.15) is 13.2 Å². The number of hydrogen-bond acceptors (Lipinski definition) is 5. The van der Waals surface area contributed by atoms with E-state index in [2.05, 4.69) is 27.9 Å². The van der Waals surface area contributed by atoms with Crippen LogP contribution in [0.3, 0.4) is 0 Å². The van der Waals surface area contributed by atoms with Crippen molar-refractivity contribution in [2.75, 3.05) is 11.9 Å². The third-order valence-corrected chi connectivity index (χ3v) is 7.13. The van der Waals surface area contributed by atoms with E-state index in [0.717, 1.165) is 37.8 Å². The lowest BCUT2D eigenvalue weighted by Crippen LogP contribution is -2.36. The number of anilines is 1. The number of nitrogens with zero attached hydrogens (tertiary/aromatic N) is 1. The van der Waals surface area contributed by atoms with Gasteiger partial charge in [0.15, 0.2) is 0 Å². The number of thioether (sulfide) groups is 1. The van der Waals surface area contributed by atoms with Gasteiger partial charge >= 0.3 is 6.18 Å². The van der Waals surface area contributed by atoms with Crippen molar-refractivity contribution in [3.05, 3.63) is 97.5 Å². The van der Waals surface area contributed by atoms with Crippen LogP contribution in [0.5, 0.6) is 5.75 Å². The monoisotopic (exact) mass is 652 g/mol. The zero-order valence-corrected chi connectivity index (χ0v) is 22.8. The van der Waals surface area contributed by atoms with Gasteiger partial charge in [0.05, 0.1) is 14.0 Å². The first kappa shape index (κ1) is 27.7. The number of imide groups is 1. The van der Waals surface area contributed by atoms with E-state index in [0.29, 0.717) is 29.7 Å². The van der Waals surface area contributed by atoms with Gasteiger partial charge in [0.2, 0.25) is 5.91 Å². The molecule has 3 aromatic rings. The summed E-state index contributed by atoms with van der Waals surface area (Å²) in [4.78, 5) is 38.4. The minimum absolute atomic E-state index is 0.0911. The van der Waals surface area contributed by atoms with Crippen molar-refractivity contribution in [1.29, 1.82) is 0 Å². The van der Waals surface area contributed by atoms with E-state index in [-0.39, 0.29) is 10.6 Å². The number of carbonyl (C=O) groups is 3. The van der Waals surface area contributed by atoms with Gasteiger partial charge in [-0.05, 0) is 88.8 Å². The first-order valence-electron chi connectivity index (χ1n) is 11.2. The molecule has 0 saturated carbocycles. The van der Waals surface area contributed by atoms with Crippen molar-refractivity contribution < 1.29 is 32.3 Å². The van der Waals surface area contributed by atoms with Crippen molar-refractivity contribution in [3.63, 3.8) is 0 Å². The number of alkyl halides is 3. The Morgan fingerprint density at radius 3 is 2.55 bits per heavy atom. The van der Waals surface area contributed by atoms with E-state index in [1.165, 1.54) is 6.07 Å². The molecule has 1 heterocycles. The molecule has 4 rings (SSSR count). The molecular formula is C27H20F3IN2O4S. The van der Waals surface area contributed by atoms with Crippen LogP contribution in [0.2, 0.25) is 0 Å². The van der Waals surface area contributed by atoms with Gasteiger partial charge in [-0.15, -0.1) is 0 Å². The summed E-state index contributed by atoms with van der Waals surface area (Å²) in [7, 11) is 0. The predicted molar refractivity (Wildman–Crippen MR) is 147 cm³/mol. The van der Waals surface area contributed by atoms with Crippen LogP contribution in [-0.2, 0) is 22.4 Å². The average Bonchev–Trinajstić information content (AvgIpc) is 3.10. The highest BCUT2D eigenvalue weighted by atomic mass is 127. The van der Waals surface area contributed by atoms with Crippen LogP contribution >= 0.6 is 34.4 Å². The Bertz CT molecular complexity index is 1440. The largest absolute Gasteiger partial charge is 0.488 e. The maximum atomic E-state index is 12.9. The maximum absolute atomic E-state index is 12.9. The van der Waals surface area contributed by atoms with Crippen LogP contribution in [0.25, 0.3) is 6.08 Å². The maximum Gasteiger partial charge on any atom is 0.416 e.